The molecule has 0 radical (unpaired) electrons. The Kier molecular flexibility index (Phi) is 6.42. The summed E-state index contributed by atoms with van der Waals surface area (Å²) in [4.78, 5) is 15.2. The first-order chi connectivity index (χ1) is 12.7. The van der Waals surface area contributed by atoms with Crippen LogP contribution in [0.25, 0.3) is 0 Å². The van der Waals surface area contributed by atoms with Crippen molar-refractivity contribution in [2.24, 2.45) is 11.7 Å². The molecule has 4 heteroatoms. The van der Waals surface area contributed by atoms with Crippen molar-refractivity contribution in [2.75, 3.05) is 19.6 Å². The van der Waals surface area contributed by atoms with Crippen LogP contribution in [0.15, 0.2) is 60.7 Å². The Morgan fingerprint density at radius 1 is 1.00 bits per heavy atom. The maximum absolute atomic E-state index is 12.7. The van der Waals surface area contributed by atoms with Gasteiger partial charge in [-0.2, -0.15) is 0 Å². The van der Waals surface area contributed by atoms with E-state index in [-0.39, 0.29) is 23.9 Å². The summed E-state index contributed by atoms with van der Waals surface area (Å²) in [6, 6.07) is 20.2. The minimum absolute atomic E-state index is 0.0153. The minimum atomic E-state index is -0.293. The number of carbonyl (C=O) groups excluding carboxylic acids is 1. The average molecular weight is 351 g/mol. The Morgan fingerprint density at radius 2 is 1.54 bits per heavy atom. The van der Waals surface area contributed by atoms with Crippen LogP contribution in [0, 0.1) is 5.92 Å². The van der Waals surface area contributed by atoms with Crippen LogP contribution in [0.5, 0.6) is 0 Å². The van der Waals surface area contributed by atoms with Crippen LogP contribution in [0.3, 0.4) is 0 Å². The molecule has 26 heavy (non-hydrogen) atoms. The van der Waals surface area contributed by atoms with Crippen molar-refractivity contribution in [3.8, 4) is 0 Å². The standard InChI is InChI=1S/C22H29N3O/c1-17(21(23)19-12-6-3-7-13-19)22(26)24-16-20(25-14-8-9-15-25)18-10-4-2-5-11-18/h2-7,10-13,17,20-21H,8-9,14-16,23H2,1H3,(H,24,26). The molecule has 3 N–H and O–H groups in total. The molecule has 2 aromatic rings. The van der Waals surface area contributed by atoms with Crippen LogP contribution >= 0.6 is 0 Å². The molecule has 2 aromatic carbocycles. The van der Waals surface area contributed by atoms with Crippen LogP contribution in [0.1, 0.15) is 43.0 Å². The molecule has 4 nitrogen and oxygen atoms in total. The van der Waals surface area contributed by atoms with Crippen molar-refractivity contribution in [3.63, 3.8) is 0 Å². The second-order valence-electron chi connectivity index (χ2n) is 7.14. The van der Waals surface area contributed by atoms with Crippen molar-refractivity contribution in [1.82, 2.24) is 10.2 Å². The number of hydrogen-bond acceptors (Lipinski definition) is 3. The number of carbonyl (C=O) groups is 1. The van der Waals surface area contributed by atoms with Gasteiger partial charge < -0.3 is 11.1 Å². The summed E-state index contributed by atoms with van der Waals surface area (Å²) in [5.74, 6) is -0.256. The Hall–Kier alpha value is -2.17. The van der Waals surface area contributed by atoms with E-state index < -0.39 is 0 Å². The number of nitrogens with two attached hydrogens (primary N) is 1. The second-order valence-corrected chi connectivity index (χ2v) is 7.14. The van der Waals surface area contributed by atoms with Gasteiger partial charge in [0, 0.05) is 12.6 Å². The zero-order valence-electron chi connectivity index (χ0n) is 15.5. The highest BCUT2D eigenvalue weighted by Crippen LogP contribution is 2.25. The number of benzene rings is 2. The third-order valence-electron chi connectivity index (χ3n) is 5.37. The van der Waals surface area contributed by atoms with Gasteiger partial charge in [-0.3, -0.25) is 9.69 Å². The molecule has 1 aliphatic heterocycles. The van der Waals surface area contributed by atoms with Crippen molar-refractivity contribution in [1.29, 1.82) is 0 Å². The highest BCUT2D eigenvalue weighted by Gasteiger charge is 2.26. The third kappa shape index (κ3) is 4.51. The monoisotopic (exact) mass is 351 g/mol. The van der Waals surface area contributed by atoms with E-state index in [2.05, 4.69) is 34.5 Å². The summed E-state index contributed by atoms with van der Waals surface area (Å²) in [6.07, 6.45) is 2.46. The molecule has 1 aliphatic rings. The fraction of sp³-hybridized carbons (Fsp3) is 0.409. The van der Waals surface area contributed by atoms with E-state index in [1.54, 1.807) is 0 Å². The van der Waals surface area contributed by atoms with E-state index in [4.69, 9.17) is 5.73 Å². The van der Waals surface area contributed by atoms with Gasteiger partial charge in [0.25, 0.3) is 0 Å². The predicted octanol–water partition coefficient (Wildman–Crippen LogP) is 3.28. The van der Waals surface area contributed by atoms with Crippen molar-refractivity contribution in [3.05, 3.63) is 71.8 Å². The van der Waals surface area contributed by atoms with Gasteiger partial charge in [0.2, 0.25) is 5.91 Å². The normalized spacial score (nSPS) is 18.2. The van der Waals surface area contributed by atoms with Crippen molar-refractivity contribution in [2.45, 2.75) is 31.8 Å². The lowest BCUT2D eigenvalue weighted by Crippen LogP contribution is -2.41. The van der Waals surface area contributed by atoms with Gasteiger partial charge in [0.05, 0.1) is 12.0 Å². The van der Waals surface area contributed by atoms with Crippen molar-refractivity contribution >= 4 is 5.91 Å². The molecule has 3 rings (SSSR count). The number of rotatable bonds is 7. The van der Waals surface area contributed by atoms with E-state index in [0.29, 0.717) is 6.54 Å². The van der Waals surface area contributed by atoms with E-state index >= 15 is 0 Å². The first kappa shape index (κ1) is 18.6. The van der Waals surface area contributed by atoms with Gasteiger partial charge in [0.1, 0.15) is 0 Å². The van der Waals surface area contributed by atoms with Gasteiger partial charge in [-0.05, 0) is 37.1 Å². The summed E-state index contributed by atoms with van der Waals surface area (Å²) in [7, 11) is 0. The lowest BCUT2D eigenvalue weighted by Gasteiger charge is -2.29. The second kappa shape index (κ2) is 8.97. The first-order valence-corrected chi connectivity index (χ1v) is 9.54. The Balaban J connectivity index is 1.63. The largest absolute Gasteiger partial charge is 0.354 e. The minimum Gasteiger partial charge on any atom is -0.354 e. The van der Waals surface area contributed by atoms with Gasteiger partial charge in [-0.15, -0.1) is 0 Å². The van der Waals surface area contributed by atoms with Gasteiger partial charge in [-0.1, -0.05) is 67.6 Å². The fourth-order valence-electron chi connectivity index (χ4n) is 3.67. The number of likely N-dealkylation sites (tertiary alicyclic amines) is 1. The maximum atomic E-state index is 12.7. The van der Waals surface area contributed by atoms with Gasteiger partial charge in [-0.25, -0.2) is 0 Å². The average Bonchev–Trinajstić information content (AvgIpc) is 3.23. The summed E-state index contributed by atoms with van der Waals surface area (Å²) >= 11 is 0. The molecule has 0 saturated carbocycles. The van der Waals surface area contributed by atoms with Crippen LogP contribution in [-0.4, -0.2) is 30.4 Å². The number of amides is 1. The molecule has 1 amide bonds. The summed E-state index contributed by atoms with van der Waals surface area (Å²) in [5.41, 5.74) is 8.56. The predicted molar refractivity (Wildman–Crippen MR) is 106 cm³/mol. The zero-order valence-corrected chi connectivity index (χ0v) is 15.5. The van der Waals surface area contributed by atoms with Crippen LogP contribution in [0.2, 0.25) is 0 Å². The lowest BCUT2D eigenvalue weighted by molar-refractivity contribution is -0.125. The maximum Gasteiger partial charge on any atom is 0.224 e. The summed E-state index contributed by atoms with van der Waals surface area (Å²) in [6.45, 7) is 4.71. The SMILES string of the molecule is CC(C(=O)NCC(c1ccccc1)N1CCCC1)C(N)c1ccccc1. The van der Waals surface area contributed by atoms with Crippen molar-refractivity contribution < 1.29 is 4.79 Å². The Labute approximate surface area is 156 Å². The lowest BCUT2D eigenvalue weighted by atomic mass is 9.94. The van der Waals surface area contributed by atoms with E-state index in [1.165, 1.54) is 18.4 Å². The third-order valence-corrected chi connectivity index (χ3v) is 5.37. The van der Waals surface area contributed by atoms with Gasteiger partial charge >= 0.3 is 0 Å². The highest BCUT2D eigenvalue weighted by atomic mass is 16.1. The van der Waals surface area contributed by atoms with E-state index in [0.717, 1.165) is 18.7 Å². The number of hydrogen-bond donors (Lipinski definition) is 2. The molecule has 0 bridgehead atoms. The summed E-state index contributed by atoms with van der Waals surface area (Å²) in [5, 5.41) is 3.15. The molecular weight excluding hydrogens is 322 g/mol. The quantitative estimate of drug-likeness (QED) is 0.805. The summed E-state index contributed by atoms with van der Waals surface area (Å²) < 4.78 is 0. The van der Waals surface area contributed by atoms with E-state index in [9.17, 15) is 4.79 Å². The molecule has 0 spiro atoms. The highest BCUT2D eigenvalue weighted by molar-refractivity contribution is 5.79. The van der Waals surface area contributed by atoms with Crippen LogP contribution in [0.4, 0.5) is 0 Å². The topological polar surface area (TPSA) is 58.4 Å². The smallest absolute Gasteiger partial charge is 0.224 e. The van der Waals surface area contributed by atoms with E-state index in [1.807, 2.05) is 43.3 Å². The van der Waals surface area contributed by atoms with Crippen LogP contribution < -0.4 is 11.1 Å². The Morgan fingerprint density at radius 3 is 2.12 bits per heavy atom. The molecule has 1 heterocycles. The molecule has 0 aromatic heterocycles. The van der Waals surface area contributed by atoms with Crippen LogP contribution in [-0.2, 0) is 4.79 Å². The van der Waals surface area contributed by atoms with Gasteiger partial charge in [0.15, 0.2) is 0 Å². The number of nitrogens with zero attached hydrogens (tertiary/aromatic N) is 1. The fourth-order valence-corrected chi connectivity index (χ4v) is 3.67. The Bertz CT molecular complexity index is 683. The molecule has 3 atom stereocenters. The molecule has 3 unspecified atom stereocenters. The molecule has 0 aliphatic carbocycles. The first-order valence-electron chi connectivity index (χ1n) is 9.54. The molecule has 138 valence electrons. The number of nitrogens with one attached hydrogen (secondary N) is 1. The molecule has 1 fully saturated rings. The molecular formula is C22H29N3O. The molecule has 1 saturated heterocycles. The zero-order chi connectivity index (χ0) is 18.4.